The Morgan fingerprint density at radius 1 is 1.07 bits per heavy atom. The van der Waals surface area contributed by atoms with E-state index in [4.69, 9.17) is 11.6 Å². The van der Waals surface area contributed by atoms with Crippen molar-refractivity contribution in [2.45, 2.75) is 11.8 Å². The van der Waals surface area contributed by atoms with Gasteiger partial charge in [0.05, 0.1) is 9.92 Å². The molecule has 0 saturated carbocycles. The predicted molar refractivity (Wildman–Crippen MR) is 106 cm³/mol. The van der Waals surface area contributed by atoms with Crippen LogP contribution >= 0.6 is 11.6 Å². The van der Waals surface area contributed by atoms with Gasteiger partial charge >= 0.3 is 0 Å². The van der Waals surface area contributed by atoms with Gasteiger partial charge in [-0.1, -0.05) is 11.6 Å². The molecule has 0 amide bonds. The number of halogens is 2. The molecule has 29 heavy (non-hydrogen) atoms. The van der Waals surface area contributed by atoms with Crippen molar-refractivity contribution >= 4 is 27.4 Å². The minimum absolute atomic E-state index is 0.0161. The van der Waals surface area contributed by atoms with Gasteiger partial charge in [-0.2, -0.15) is 4.31 Å². The third-order valence-corrected chi connectivity index (χ3v) is 6.86. The van der Waals surface area contributed by atoms with Crippen molar-refractivity contribution < 1.29 is 12.8 Å². The van der Waals surface area contributed by atoms with Gasteiger partial charge in [0.15, 0.2) is 0 Å². The largest absolute Gasteiger partial charge is 0.354 e. The average Bonchev–Trinajstić information content (AvgIpc) is 3.24. The zero-order valence-corrected chi connectivity index (χ0v) is 17.1. The summed E-state index contributed by atoms with van der Waals surface area (Å²) in [7, 11) is -3.75. The van der Waals surface area contributed by atoms with Crippen LogP contribution in [0.2, 0.25) is 5.02 Å². The van der Waals surface area contributed by atoms with Gasteiger partial charge in [0.1, 0.15) is 29.6 Å². The van der Waals surface area contributed by atoms with Crippen molar-refractivity contribution in [2.75, 3.05) is 31.1 Å². The molecule has 152 valence electrons. The fourth-order valence-corrected chi connectivity index (χ4v) is 4.86. The first kappa shape index (κ1) is 19.7. The predicted octanol–water partition coefficient (Wildman–Crippen LogP) is 2.27. The van der Waals surface area contributed by atoms with Crippen LogP contribution in [0.25, 0.3) is 5.82 Å². The van der Waals surface area contributed by atoms with Gasteiger partial charge in [0, 0.05) is 44.6 Å². The minimum atomic E-state index is -3.75. The molecule has 1 saturated heterocycles. The quantitative estimate of drug-likeness (QED) is 0.623. The number of aromatic nitrogens is 4. The topological polar surface area (TPSA) is 84.2 Å². The number of piperazine rings is 1. The normalized spacial score (nSPS) is 15.6. The van der Waals surface area contributed by atoms with Crippen molar-refractivity contribution in [3.05, 3.63) is 59.7 Å². The summed E-state index contributed by atoms with van der Waals surface area (Å²) in [5, 5.41) is -0.215. The Labute approximate surface area is 172 Å². The first-order valence-electron chi connectivity index (χ1n) is 8.89. The summed E-state index contributed by atoms with van der Waals surface area (Å²) in [4.78, 5) is 14.9. The smallest absolute Gasteiger partial charge is 0.243 e. The summed E-state index contributed by atoms with van der Waals surface area (Å²) in [6.07, 6.45) is 5.12. The Morgan fingerprint density at radius 2 is 1.79 bits per heavy atom. The molecule has 3 heterocycles. The van der Waals surface area contributed by atoms with E-state index in [-0.39, 0.29) is 23.0 Å². The average molecular weight is 437 g/mol. The molecule has 0 bridgehead atoms. The number of anilines is 1. The SMILES string of the molecule is Cc1nc(N2CCN(S(=O)(=O)c3ccc(F)c(Cl)c3)CC2)cc(-n2ccnc2)n1. The van der Waals surface area contributed by atoms with Crippen LogP contribution in [0.15, 0.2) is 47.9 Å². The summed E-state index contributed by atoms with van der Waals surface area (Å²) in [5.74, 6) is 1.38. The van der Waals surface area contributed by atoms with Crippen molar-refractivity contribution in [3.63, 3.8) is 0 Å². The molecule has 3 aromatic rings. The zero-order chi connectivity index (χ0) is 20.6. The number of rotatable bonds is 4. The minimum Gasteiger partial charge on any atom is -0.354 e. The van der Waals surface area contributed by atoms with Crippen LogP contribution in [0.1, 0.15) is 5.82 Å². The fraction of sp³-hybridized carbons (Fsp3) is 0.278. The first-order chi connectivity index (χ1) is 13.8. The molecule has 0 aliphatic carbocycles. The van der Waals surface area contributed by atoms with Crippen LogP contribution in [0.3, 0.4) is 0 Å². The molecule has 1 aliphatic heterocycles. The molecule has 8 nitrogen and oxygen atoms in total. The van der Waals surface area contributed by atoms with Gasteiger partial charge in [0.2, 0.25) is 10.0 Å². The summed E-state index contributed by atoms with van der Waals surface area (Å²) in [6, 6.07) is 5.28. The van der Waals surface area contributed by atoms with E-state index in [1.165, 1.54) is 10.4 Å². The third-order valence-electron chi connectivity index (χ3n) is 4.67. The molecular formula is C18H18ClFN6O2S. The van der Waals surface area contributed by atoms with E-state index in [0.29, 0.717) is 24.7 Å². The monoisotopic (exact) mass is 436 g/mol. The molecule has 0 unspecified atom stereocenters. The number of benzene rings is 1. The number of hydrogen-bond acceptors (Lipinski definition) is 6. The lowest BCUT2D eigenvalue weighted by molar-refractivity contribution is 0.383. The second-order valence-corrected chi connectivity index (χ2v) is 8.91. The van der Waals surface area contributed by atoms with E-state index in [9.17, 15) is 12.8 Å². The van der Waals surface area contributed by atoms with Crippen LogP contribution in [-0.4, -0.2) is 58.4 Å². The van der Waals surface area contributed by atoms with E-state index in [1.807, 2.05) is 17.9 Å². The number of nitrogens with zero attached hydrogens (tertiary/aromatic N) is 6. The van der Waals surface area contributed by atoms with E-state index >= 15 is 0 Å². The molecular weight excluding hydrogens is 419 g/mol. The number of imidazole rings is 1. The van der Waals surface area contributed by atoms with Crippen LogP contribution in [-0.2, 0) is 10.0 Å². The number of sulfonamides is 1. The third kappa shape index (κ3) is 3.96. The molecule has 1 aromatic carbocycles. The Kier molecular flexibility index (Phi) is 5.24. The highest BCUT2D eigenvalue weighted by atomic mass is 35.5. The highest BCUT2D eigenvalue weighted by Gasteiger charge is 2.29. The standard InChI is InChI=1S/C18H18ClFN6O2S/c1-13-22-17(11-18(23-13)25-5-4-21-12-25)24-6-8-26(9-7-24)29(27,28)14-2-3-16(20)15(19)10-14/h2-5,10-12H,6-9H2,1H3. The molecule has 0 N–H and O–H groups in total. The maximum atomic E-state index is 13.4. The number of hydrogen-bond donors (Lipinski definition) is 0. The zero-order valence-electron chi connectivity index (χ0n) is 15.5. The molecule has 1 fully saturated rings. The molecule has 4 rings (SSSR count). The molecule has 0 spiro atoms. The van der Waals surface area contributed by atoms with Crippen molar-refractivity contribution in [3.8, 4) is 5.82 Å². The maximum absolute atomic E-state index is 13.4. The van der Waals surface area contributed by atoms with Crippen LogP contribution in [0, 0.1) is 12.7 Å². The molecule has 11 heteroatoms. The van der Waals surface area contributed by atoms with Gasteiger partial charge in [-0.3, -0.25) is 4.57 Å². The fourth-order valence-electron chi connectivity index (χ4n) is 3.17. The number of aryl methyl sites for hydroxylation is 1. The Morgan fingerprint density at radius 3 is 2.45 bits per heavy atom. The highest BCUT2D eigenvalue weighted by Crippen LogP contribution is 2.24. The maximum Gasteiger partial charge on any atom is 0.243 e. The Balaban J connectivity index is 1.52. The van der Waals surface area contributed by atoms with Crippen molar-refractivity contribution in [1.29, 1.82) is 0 Å². The van der Waals surface area contributed by atoms with Gasteiger partial charge in [-0.05, 0) is 25.1 Å². The first-order valence-corrected chi connectivity index (χ1v) is 10.7. The Bertz CT molecular complexity index is 1130. The lowest BCUT2D eigenvalue weighted by Crippen LogP contribution is -2.49. The summed E-state index contributed by atoms with van der Waals surface area (Å²) >= 11 is 5.75. The lowest BCUT2D eigenvalue weighted by Gasteiger charge is -2.34. The molecule has 0 atom stereocenters. The van der Waals surface area contributed by atoms with Crippen LogP contribution in [0.5, 0.6) is 0 Å². The van der Waals surface area contributed by atoms with Gasteiger partial charge in [-0.25, -0.2) is 27.8 Å². The van der Waals surface area contributed by atoms with Crippen LogP contribution < -0.4 is 4.90 Å². The van der Waals surface area contributed by atoms with Gasteiger partial charge in [0.25, 0.3) is 0 Å². The van der Waals surface area contributed by atoms with Crippen molar-refractivity contribution in [1.82, 2.24) is 23.8 Å². The second-order valence-electron chi connectivity index (χ2n) is 6.57. The van der Waals surface area contributed by atoms with E-state index in [1.54, 1.807) is 23.3 Å². The highest BCUT2D eigenvalue weighted by molar-refractivity contribution is 7.89. The molecule has 0 radical (unpaired) electrons. The molecule has 1 aliphatic rings. The van der Waals surface area contributed by atoms with E-state index in [2.05, 4.69) is 15.0 Å². The lowest BCUT2D eigenvalue weighted by atomic mass is 10.3. The summed E-state index contributed by atoms with van der Waals surface area (Å²) < 4.78 is 42.2. The van der Waals surface area contributed by atoms with Crippen LogP contribution in [0.4, 0.5) is 10.2 Å². The Hall–Kier alpha value is -2.56. The van der Waals surface area contributed by atoms with E-state index in [0.717, 1.165) is 18.0 Å². The van der Waals surface area contributed by atoms with Gasteiger partial charge in [-0.15, -0.1) is 0 Å². The molecule has 2 aromatic heterocycles. The summed E-state index contributed by atoms with van der Waals surface area (Å²) in [5.41, 5.74) is 0. The summed E-state index contributed by atoms with van der Waals surface area (Å²) in [6.45, 7) is 3.30. The second kappa shape index (κ2) is 7.69. The van der Waals surface area contributed by atoms with Gasteiger partial charge < -0.3 is 4.90 Å². The van der Waals surface area contributed by atoms with E-state index < -0.39 is 15.8 Å². The van der Waals surface area contributed by atoms with Crippen molar-refractivity contribution in [2.24, 2.45) is 0 Å².